The maximum atomic E-state index is 10.9. The van der Waals surface area contributed by atoms with Crippen molar-refractivity contribution in [3.63, 3.8) is 0 Å². The first-order valence-corrected chi connectivity index (χ1v) is 12.2. The molecule has 2 aromatic carbocycles. The summed E-state index contributed by atoms with van der Waals surface area (Å²) >= 11 is 5.09. The molecule has 1 fully saturated rings. The van der Waals surface area contributed by atoms with Gasteiger partial charge in [0.15, 0.2) is 0 Å². The Bertz CT molecular complexity index is 890. The van der Waals surface area contributed by atoms with Gasteiger partial charge in [-0.1, -0.05) is 47.1 Å². The molecule has 0 radical (unpaired) electrons. The van der Waals surface area contributed by atoms with E-state index in [4.69, 9.17) is 9.47 Å². The molecule has 0 aliphatic carbocycles. The maximum Gasteiger partial charge on any atom is 0.225 e. The Hall–Kier alpha value is -0.970. The zero-order chi connectivity index (χ0) is 22.8. The van der Waals surface area contributed by atoms with Crippen molar-refractivity contribution in [2.45, 2.75) is 54.9 Å². The molecule has 1 aliphatic rings. The normalized spacial score (nSPS) is 28.6. The fraction of sp³-hybridized carbons (Fsp3) is 0.478. The molecular formula is C23H29BrO6S. The van der Waals surface area contributed by atoms with Crippen molar-refractivity contribution in [3.8, 4) is 0 Å². The quantitative estimate of drug-likeness (QED) is 0.423. The van der Waals surface area contributed by atoms with Crippen molar-refractivity contribution in [2.24, 2.45) is 0 Å². The Morgan fingerprint density at radius 2 is 1.74 bits per heavy atom. The van der Waals surface area contributed by atoms with Crippen LogP contribution in [0.5, 0.6) is 0 Å². The third kappa shape index (κ3) is 4.72. The second-order valence-electron chi connectivity index (χ2n) is 7.63. The minimum Gasteiger partial charge on any atom is -0.394 e. The summed E-state index contributed by atoms with van der Waals surface area (Å²) in [7, 11) is 1.37. The first kappa shape index (κ1) is 24.7. The van der Waals surface area contributed by atoms with E-state index < -0.39 is 36.8 Å². The van der Waals surface area contributed by atoms with E-state index in [9.17, 15) is 20.4 Å². The molecule has 2 aromatic rings. The van der Waals surface area contributed by atoms with E-state index in [0.29, 0.717) is 12.0 Å². The van der Waals surface area contributed by atoms with Gasteiger partial charge >= 0.3 is 0 Å². The molecule has 6 nitrogen and oxygen atoms in total. The SMILES string of the molecule is CCc1ccc(Cc2cc([C@]3(OC)O[C@H](CO)[C@@H](O)[C@H](O)[C@H]3O)c(SC)cc2Br)cc1. The summed E-state index contributed by atoms with van der Waals surface area (Å²) in [6, 6.07) is 12.2. The molecule has 170 valence electrons. The van der Waals surface area contributed by atoms with Crippen LogP contribution in [-0.2, 0) is 28.1 Å². The average Bonchev–Trinajstić information content (AvgIpc) is 2.80. The number of thioether (sulfide) groups is 1. The molecule has 1 heterocycles. The van der Waals surface area contributed by atoms with Crippen molar-refractivity contribution in [1.82, 2.24) is 0 Å². The van der Waals surface area contributed by atoms with Gasteiger partial charge in [0, 0.05) is 22.0 Å². The lowest BCUT2D eigenvalue weighted by Crippen LogP contribution is -2.64. The number of aliphatic hydroxyl groups excluding tert-OH is 4. The number of aryl methyl sites for hydroxylation is 1. The van der Waals surface area contributed by atoms with Gasteiger partial charge in [-0.25, -0.2) is 0 Å². The topological polar surface area (TPSA) is 99.4 Å². The first-order valence-electron chi connectivity index (χ1n) is 10.1. The lowest BCUT2D eigenvalue weighted by molar-refractivity contribution is -0.367. The van der Waals surface area contributed by atoms with Gasteiger partial charge in [0.1, 0.15) is 24.4 Å². The van der Waals surface area contributed by atoms with Crippen LogP contribution in [0.25, 0.3) is 0 Å². The zero-order valence-corrected chi connectivity index (χ0v) is 20.2. The van der Waals surface area contributed by atoms with E-state index in [-0.39, 0.29) is 0 Å². The molecule has 0 aromatic heterocycles. The lowest BCUT2D eigenvalue weighted by Gasteiger charge is -2.48. The van der Waals surface area contributed by atoms with E-state index in [1.165, 1.54) is 24.4 Å². The molecule has 3 rings (SSSR count). The number of hydrogen-bond donors (Lipinski definition) is 4. The largest absolute Gasteiger partial charge is 0.394 e. The summed E-state index contributed by atoms with van der Waals surface area (Å²) in [6.07, 6.45) is -2.15. The number of benzene rings is 2. The van der Waals surface area contributed by atoms with E-state index in [1.54, 1.807) is 0 Å². The summed E-state index contributed by atoms with van der Waals surface area (Å²) < 4.78 is 12.5. The van der Waals surface area contributed by atoms with E-state index in [1.807, 2.05) is 18.4 Å². The molecule has 5 atom stereocenters. The molecular weight excluding hydrogens is 484 g/mol. The molecule has 0 unspecified atom stereocenters. The molecule has 0 saturated carbocycles. The monoisotopic (exact) mass is 512 g/mol. The molecule has 0 spiro atoms. The number of rotatable bonds is 7. The van der Waals surface area contributed by atoms with Crippen LogP contribution >= 0.6 is 27.7 Å². The van der Waals surface area contributed by atoms with Crippen molar-refractivity contribution in [1.29, 1.82) is 0 Å². The van der Waals surface area contributed by atoms with Gasteiger partial charge < -0.3 is 29.9 Å². The predicted molar refractivity (Wildman–Crippen MR) is 123 cm³/mol. The highest BCUT2D eigenvalue weighted by molar-refractivity contribution is 9.10. The predicted octanol–water partition coefficient (Wildman–Crippen LogP) is 2.60. The highest BCUT2D eigenvalue weighted by Gasteiger charge is 2.55. The highest BCUT2D eigenvalue weighted by atomic mass is 79.9. The molecule has 0 amide bonds. The van der Waals surface area contributed by atoms with Crippen molar-refractivity contribution < 1.29 is 29.9 Å². The van der Waals surface area contributed by atoms with E-state index in [0.717, 1.165) is 26.9 Å². The van der Waals surface area contributed by atoms with Crippen LogP contribution in [0.2, 0.25) is 0 Å². The standard InChI is InChI=1S/C23H29BrO6S/c1-4-13-5-7-14(8-6-13)9-15-10-16(19(31-3)11-17(15)24)23(29-2)22(28)21(27)20(26)18(12-25)30-23/h5-8,10-11,18,20-22,25-28H,4,9,12H2,1-3H3/t18-,20-,21+,22-,23+/m1/s1. The van der Waals surface area contributed by atoms with Gasteiger partial charge in [-0.2, -0.15) is 0 Å². The van der Waals surface area contributed by atoms with Gasteiger partial charge in [0.05, 0.1) is 6.61 Å². The first-order chi connectivity index (χ1) is 14.8. The van der Waals surface area contributed by atoms with Crippen molar-refractivity contribution in [3.05, 3.63) is 63.1 Å². The molecule has 31 heavy (non-hydrogen) atoms. The molecule has 8 heteroatoms. The summed E-state index contributed by atoms with van der Waals surface area (Å²) in [6.45, 7) is 1.58. The van der Waals surface area contributed by atoms with Gasteiger partial charge in [-0.05, 0) is 47.9 Å². The van der Waals surface area contributed by atoms with Crippen molar-refractivity contribution in [2.75, 3.05) is 20.0 Å². The maximum absolute atomic E-state index is 10.9. The molecule has 0 bridgehead atoms. The highest BCUT2D eigenvalue weighted by Crippen LogP contribution is 2.44. The van der Waals surface area contributed by atoms with Crippen LogP contribution in [0, 0.1) is 0 Å². The average molecular weight is 513 g/mol. The molecule has 1 aliphatic heterocycles. The van der Waals surface area contributed by atoms with Crippen LogP contribution < -0.4 is 0 Å². The third-order valence-corrected chi connectivity index (χ3v) is 7.34. The van der Waals surface area contributed by atoms with Gasteiger partial charge in [0.25, 0.3) is 0 Å². The Morgan fingerprint density at radius 3 is 2.29 bits per heavy atom. The van der Waals surface area contributed by atoms with Gasteiger partial charge in [0.2, 0.25) is 5.79 Å². The number of hydrogen-bond acceptors (Lipinski definition) is 7. The molecule has 1 saturated heterocycles. The second kappa shape index (κ2) is 10.3. The lowest BCUT2D eigenvalue weighted by atomic mass is 9.87. The number of halogens is 1. The summed E-state index contributed by atoms with van der Waals surface area (Å²) in [5, 5.41) is 41.2. The van der Waals surface area contributed by atoms with Crippen LogP contribution in [-0.4, -0.2) is 64.8 Å². The number of ether oxygens (including phenoxy) is 2. The fourth-order valence-electron chi connectivity index (χ4n) is 3.93. The van der Waals surface area contributed by atoms with Crippen LogP contribution in [0.1, 0.15) is 29.2 Å². The van der Waals surface area contributed by atoms with Crippen molar-refractivity contribution >= 4 is 27.7 Å². The van der Waals surface area contributed by atoms with Crippen LogP contribution in [0.15, 0.2) is 45.8 Å². The summed E-state index contributed by atoms with van der Waals surface area (Å²) in [5.74, 6) is -1.74. The minimum absolute atomic E-state index is 0.530. The van der Waals surface area contributed by atoms with Gasteiger partial charge in [-0.3, -0.25) is 0 Å². The summed E-state index contributed by atoms with van der Waals surface area (Å²) in [4.78, 5) is 0.776. The zero-order valence-electron chi connectivity index (χ0n) is 17.8. The fourth-order valence-corrected chi connectivity index (χ4v) is 5.22. The minimum atomic E-state index is -1.74. The molecule has 4 N–H and O–H groups in total. The Balaban J connectivity index is 2.08. The smallest absolute Gasteiger partial charge is 0.225 e. The number of methoxy groups -OCH3 is 1. The Morgan fingerprint density at radius 1 is 1.10 bits per heavy atom. The van der Waals surface area contributed by atoms with Crippen LogP contribution in [0.4, 0.5) is 0 Å². The van der Waals surface area contributed by atoms with E-state index >= 15 is 0 Å². The van der Waals surface area contributed by atoms with Crippen LogP contribution in [0.3, 0.4) is 0 Å². The number of aliphatic hydroxyl groups is 4. The third-order valence-electron chi connectivity index (χ3n) is 5.82. The second-order valence-corrected chi connectivity index (χ2v) is 9.33. The Labute approximate surface area is 195 Å². The van der Waals surface area contributed by atoms with E-state index in [2.05, 4.69) is 47.1 Å². The summed E-state index contributed by atoms with van der Waals surface area (Å²) in [5.41, 5.74) is 3.87. The van der Waals surface area contributed by atoms with Gasteiger partial charge in [-0.15, -0.1) is 11.8 Å². The Kier molecular flexibility index (Phi) is 8.21.